The van der Waals surface area contributed by atoms with Crippen molar-refractivity contribution in [2.75, 3.05) is 11.4 Å². The maximum atomic E-state index is 13.9. The molecule has 7 heteroatoms. The van der Waals surface area contributed by atoms with Gasteiger partial charge in [-0.15, -0.1) is 5.10 Å². The number of hydrogen-bond donors (Lipinski definition) is 1. The molecule has 2 heterocycles. The molecule has 0 spiro atoms. The Balaban J connectivity index is 2.00. The quantitative estimate of drug-likeness (QED) is 0.911. The molecule has 1 saturated heterocycles. The van der Waals surface area contributed by atoms with E-state index < -0.39 is 23.8 Å². The summed E-state index contributed by atoms with van der Waals surface area (Å²) in [7, 11) is 0. The van der Waals surface area contributed by atoms with Gasteiger partial charge in [0.05, 0.1) is 12.1 Å². The van der Waals surface area contributed by atoms with Gasteiger partial charge in [-0.1, -0.05) is 5.10 Å². The lowest BCUT2D eigenvalue weighted by Crippen LogP contribution is -2.25. The third kappa shape index (κ3) is 2.24. The smallest absolute Gasteiger partial charge is 0.318 e. The minimum Gasteiger partial charge on any atom is -0.408 e. The minimum absolute atomic E-state index is 0.178. The van der Waals surface area contributed by atoms with Gasteiger partial charge in [-0.25, -0.2) is 8.78 Å². The Hall–Kier alpha value is -2.02. The van der Waals surface area contributed by atoms with Gasteiger partial charge in [0.1, 0.15) is 11.6 Å². The van der Waals surface area contributed by atoms with Gasteiger partial charge in [-0.2, -0.15) is 0 Å². The summed E-state index contributed by atoms with van der Waals surface area (Å²) in [6.07, 6.45) is -0.378. The largest absolute Gasteiger partial charge is 0.408 e. The van der Waals surface area contributed by atoms with E-state index in [2.05, 4.69) is 10.2 Å². The Labute approximate surface area is 113 Å². The Morgan fingerprint density at radius 1 is 1.35 bits per heavy atom. The van der Waals surface area contributed by atoms with E-state index in [4.69, 9.17) is 4.42 Å². The molecule has 2 aromatic rings. The first-order chi connectivity index (χ1) is 9.54. The first-order valence-electron chi connectivity index (χ1n) is 6.24. The monoisotopic (exact) mass is 281 g/mol. The van der Waals surface area contributed by atoms with Gasteiger partial charge in [-0.05, 0) is 24.6 Å². The molecular formula is C13H13F2N3O2. The lowest BCUT2D eigenvalue weighted by Gasteiger charge is -2.22. The molecule has 1 aliphatic heterocycles. The van der Waals surface area contributed by atoms with Crippen LogP contribution in [-0.4, -0.2) is 28.0 Å². The van der Waals surface area contributed by atoms with Crippen LogP contribution in [0.1, 0.15) is 23.9 Å². The van der Waals surface area contributed by atoms with Crippen LogP contribution in [0.2, 0.25) is 0 Å². The van der Waals surface area contributed by atoms with Crippen LogP contribution in [-0.2, 0) is 0 Å². The molecule has 0 saturated carbocycles. The molecule has 1 aliphatic rings. The molecule has 1 N–H and O–H groups in total. The Kier molecular flexibility index (Phi) is 3.13. The van der Waals surface area contributed by atoms with Crippen molar-refractivity contribution in [3.05, 3.63) is 41.3 Å². The van der Waals surface area contributed by atoms with E-state index >= 15 is 0 Å². The van der Waals surface area contributed by atoms with E-state index in [-0.39, 0.29) is 24.5 Å². The number of rotatable bonds is 2. The zero-order valence-electron chi connectivity index (χ0n) is 10.8. The molecule has 1 aromatic heterocycles. The maximum Gasteiger partial charge on any atom is 0.318 e. The summed E-state index contributed by atoms with van der Waals surface area (Å²) in [6.45, 7) is 1.88. The van der Waals surface area contributed by atoms with Crippen molar-refractivity contribution < 1.29 is 18.3 Å². The number of halogens is 2. The molecule has 20 heavy (non-hydrogen) atoms. The van der Waals surface area contributed by atoms with Gasteiger partial charge in [0.25, 0.3) is 0 Å². The fourth-order valence-electron chi connectivity index (χ4n) is 2.49. The second kappa shape index (κ2) is 4.82. The number of hydrogen-bond acceptors (Lipinski definition) is 5. The van der Waals surface area contributed by atoms with Gasteiger partial charge >= 0.3 is 6.01 Å². The van der Waals surface area contributed by atoms with E-state index in [0.717, 1.165) is 18.2 Å². The van der Waals surface area contributed by atoms with Crippen molar-refractivity contribution in [1.29, 1.82) is 0 Å². The molecule has 0 radical (unpaired) electrons. The van der Waals surface area contributed by atoms with E-state index in [1.807, 2.05) is 0 Å². The molecular weight excluding hydrogens is 268 g/mol. The Morgan fingerprint density at radius 2 is 2.15 bits per heavy atom. The zero-order valence-corrected chi connectivity index (χ0v) is 10.8. The van der Waals surface area contributed by atoms with E-state index in [1.54, 1.807) is 11.8 Å². The summed E-state index contributed by atoms with van der Waals surface area (Å²) < 4.78 is 32.5. The van der Waals surface area contributed by atoms with Crippen molar-refractivity contribution in [1.82, 2.24) is 10.2 Å². The first-order valence-corrected chi connectivity index (χ1v) is 6.24. The average Bonchev–Trinajstić information content (AvgIpc) is 2.98. The highest BCUT2D eigenvalue weighted by molar-refractivity contribution is 5.37. The maximum absolute atomic E-state index is 13.9. The van der Waals surface area contributed by atoms with Crippen LogP contribution in [0, 0.1) is 18.6 Å². The first kappa shape index (κ1) is 13.0. The van der Waals surface area contributed by atoms with Crippen molar-refractivity contribution in [2.24, 2.45) is 0 Å². The number of aromatic nitrogens is 2. The highest BCUT2D eigenvalue weighted by Crippen LogP contribution is 2.36. The van der Waals surface area contributed by atoms with Crippen LogP contribution in [0.25, 0.3) is 0 Å². The highest BCUT2D eigenvalue weighted by Gasteiger charge is 2.36. The van der Waals surface area contributed by atoms with Gasteiger partial charge in [0.15, 0.2) is 0 Å². The minimum atomic E-state index is -0.658. The molecule has 1 fully saturated rings. The number of aryl methyl sites for hydroxylation is 1. The summed E-state index contributed by atoms with van der Waals surface area (Å²) in [5, 5.41) is 17.4. The average molecular weight is 281 g/mol. The molecule has 0 unspecified atom stereocenters. The number of aliphatic hydroxyl groups excluding tert-OH is 1. The van der Waals surface area contributed by atoms with Crippen LogP contribution in [0.3, 0.4) is 0 Å². The summed E-state index contributed by atoms with van der Waals surface area (Å²) in [5.41, 5.74) is 0.178. The van der Waals surface area contributed by atoms with Crippen molar-refractivity contribution >= 4 is 6.01 Å². The fraction of sp³-hybridized carbons (Fsp3) is 0.385. The van der Waals surface area contributed by atoms with E-state index in [9.17, 15) is 13.9 Å². The molecule has 0 aliphatic carbocycles. The second-order valence-corrected chi connectivity index (χ2v) is 4.83. The summed E-state index contributed by atoms with van der Waals surface area (Å²) in [5.74, 6) is -0.670. The lowest BCUT2D eigenvalue weighted by molar-refractivity contribution is 0.194. The van der Waals surface area contributed by atoms with E-state index in [0.29, 0.717) is 5.89 Å². The Bertz CT molecular complexity index is 632. The summed E-state index contributed by atoms with van der Waals surface area (Å²) in [6, 6.07) is 2.94. The molecule has 5 nitrogen and oxygen atoms in total. The lowest BCUT2D eigenvalue weighted by atomic mass is 10.0. The van der Waals surface area contributed by atoms with Gasteiger partial charge in [0.2, 0.25) is 5.89 Å². The number of nitrogens with zero attached hydrogens (tertiary/aromatic N) is 3. The normalized spacial score (nSPS) is 22.5. The molecule has 1 aromatic carbocycles. The predicted molar refractivity (Wildman–Crippen MR) is 66.1 cm³/mol. The predicted octanol–water partition coefficient (Wildman–Crippen LogP) is 1.97. The highest BCUT2D eigenvalue weighted by atomic mass is 19.1. The second-order valence-electron chi connectivity index (χ2n) is 4.83. The SMILES string of the molecule is Cc1nnc(N2C[C@H](O)C[C@@H]2c2cc(F)ccc2F)o1. The van der Waals surface area contributed by atoms with Crippen LogP contribution < -0.4 is 4.90 Å². The number of aliphatic hydroxyl groups is 1. The number of anilines is 1. The number of benzene rings is 1. The molecule has 3 rings (SSSR count). The van der Waals surface area contributed by atoms with E-state index in [1.165, 1.54) is 0 Å². The van der Waals surface area contributed by atoms with Crippen LogP contribution >= 0.6 is 0 Å². The van der Waals surface area contributed by atoms with Crippen LogP contribution in [0.4, 0.5) is 14.8 Å². The topological polar surface area (TPSA) is 62.4 Å². The molecule has 2 atom stereocenters. The zero-order chi connectivity index (χ0) is 14.3. The third-order valence-electron chi connectivity index (χ3n) is 3.36. The van der Waals surface area contributed by atoms with Crippen LogP contribution in [0.5, 0.6) is 0 Å². The molecule has 0 amide bonds. The Morgan fingerprint density at radius 3 is 2.85 bits per heavy atom. The summed E-state index contributed by atoms with van der Waals surface area (Å²) in [4.78, 5) is 1.60. The molecule has 106 valence electrons. The van der Waals surface area contributed by atoms with Gasteiger partial charge < -0.3 is 14.4 Å². The number of β-amino-alcohol motifs (C(OH)–C–C–N with tert-alkyl or cyclic N) is 1. The van der Waals surface area contributed by atoms with Crippen molar-refractivity contribution in [3.8, 4) is 0 Å². The van der Waals surface area contributed by atoms with Crippen molar-refractivity contribution in [2.45, 2.75) is 25.5 Å². The van der Waals surface area contributed by atoms with Gasteiger partial charge in [0, 0.05) is 19.0 Å². The van der Waals surface area contributed by atoms with Crippen molar-refractivity contribution in [3.63, 3.8) is 0 Å². The molecule has 0 bridgehead atoms. The van der Waals surface area contributed by atoms with Crippen LogP contribution in [0.15, 0.2) is 22.6 Å². The summed E-state index contributed by atoms with van der Waals surface area (Å²) >= 11 is 0. The fourth-order valence-corrected chi connectivity index (χ4v) is 2.49. The standard InChI is InChI=1S/C13H13F2N3O2/c1-7-16-17-13(20-7)18-6-9(19)5-12(18)10-4-8(14)2-3-11(10)15/h2-4,9,12,19H,5-6H2,1H3/t9-,12-/m1/s1. The third-order valence-corrected chi connectivity index (χ3v) is 3.36. The van der Waals surface area contributed by atoms with Gasteiger partial charge in [-0.3, -0.25) is 0 Å².